The molecule has 5 rings (SSSR count). The molecule has 0 amide bonds. The summed E-state index contributed by atoms with van der Waals surface area (Å²) in [5, 5.41) is 47.3. The third-order valence-corrected chi connectivity index (χ3v) is 10.3. The fourth-order valence-corrected chi connectivity index (χ4v) is 8.43. The van der Waals surface area contributed by atoms with Crippen LogP contribution in [0.15, 0.2) is 47.2 Å². The van der Waals surface area contributed by atoms with Crippen molar-refractivity contribution in [1.82, 2.24) is 0 Å². The van der Waals surface area contributed by atoms with E-state index in [1.165, 1.54) is 6.92 Å². The summed E-state index contributed by atoms with van der Waals surface area (Å²) in [5.41, 5.74) is -2.95. The second-order valence-electron chi connectivity index (χ2n) is 14.0. The van der Waals surface area contributed by atoms with Crippen molar-refractivity contribution in [3.05, 3.63) is 69.5 Å². The van der Waals surface area contributed by atoms with Crippen molar-refractivity contribution in [1.29, 1.82) is 0 Å². The summed E-state index contributed by atoms with van der Waals surface area (Å²) in [4.78, 5) is 52.7. The molecule has 232 valence electrons. The molecule has 8 nitrogen and oxygen atoms in total. The van der Waals surface area contributed by atoms with E-state index < -0.39 is 56.8 Å². The zero-order valence-corrected chi connectivity index (χ0v) is 26.5. The zero-order chi connectivity index (χ0) is 32.8. The van der Waals surface area contributed by atoms with Gasteiger partial charge in [0.1, 0.15) is 22.8 Å². The van der Waals surface area contributed by atoms with Crippen LogP contribution in [0.4, 0.5) is 0 Å². The van der Waals surface area contributed by atoms with E-state index in [1.807, 2.05) is 19.9 Å². The van der Waals surface area contributed by atoms with Crippen LogP contribution >= 0.6 is 0 Å². The highest BCUT2D eigenvalue weighted by Crippen LogP contribution is 2.65. The van der Waals surface area contributed by atoms with Crippen LogP contribution < -0.4 is 0 Å². The van der Waals surface area contributed by atoms with Crippen LogP contribution in [0.25, 0.3) is 16.9 Å². The summed E-state index contributed by atoms with van der Waals surface area (Å²) in [5.74, 6) is -5.63. The maximum Gasteiger partial charge on any atom is 0.203 e. The number of rotatable bonds is 5. The molecule has 0 aromatic heterocycles. The normalized spacial score (nSPS) is 28.3. The number of carbonyl (C=O) groups excluding carboxylic acids is 4. The van der Waals surface area contributed by atoms with E-state index in [0.717, 1.165) is 12.5 Å². The minimum Gasteiger partial charge on any atom is -0.508 e. The quantitative estimate of drug-likeness (QED) is 0.235. The number of phenols is 1. The molecule has 0 saturated heterocycles. The minimum atomic E-state index is -2.66. The van der Waals surface area contributed by atoms with Gasteiger partial charge in [0, 0.05) is 33.4 Å². The molecule has 0 aliphatic heterocycles. The number of aromatic hydroxyl groups is 1. The Balaban J connectivity index is 1.82. The lowest BCUT2D eigenvalue weighted by molar-refractivity contribution is -0.178. The van der Waals surface area contributed by atoms with Crippen molar-refractivity contribution < 1.29 is 39.6 Å². The van der Waals surface area contributed by atoms with Crippen molar-refractivity contribution >= 4 is 28.9 Å². The van der Waals surface area contributed by atoms with Crippen molar-refractivity contribution in [2.24, 2.45) is 22.7 Å². The van der Waals surface area contributed by atoms with Crippen molar-refractivity contribution in [2.75, 3.05) is 0 Å². The predicted molar refractivity (Wildman–Crippen MR) is 165 cm³/mol. The van der Waals surface area contributed by atoms with Crippen LogP contribution in [-0.2, 0) is 20.8 Å². The molecule has 3 aliphatic rings. The number of Topliss-reactive ketones (excluding diaryl/α,β-unsaturated/α-hetero) is 4. The third-order valence-electron chi connectivity index (χ3n) is 10.3. The summed E-state index contributed by atoms with van der Waals surface area (Å²) >= 11 is 0. The molecule has 0 radical (unpaired) electrons. The number of phenolic OH excluding ortho intramolecular Hbond substituents is 1. The van der Waals surface area contributed by atoms with Gasteiger partial charge in [-0.25, -0.2) is 0 Å². The van der Waals surface area contributed by atoms with Gasteiger partial charge in [0.05, 0.1) is 5.56 Å². The minimum absolute atomic E-state index is 0.0391. The van der Waals surface area contributed by atoms with Crippen molar-refractivity contribution in [2.45, 2.75) is 79.8 Å². The average molecular weight is 601 g/mol. The standard InChI is InChI=1S/C36H40O8/c1-16(2)22-13-23(21-11-9-20(10-12-21)18(5)37)29(39)26-24(22)14-34(7)15-35(8)27(17(3)4)30(40)25(19(6)38)32(42)36(35,44)33(43)28(34)31(26)41/h9-13,16-17,27,39,41-42,44H,14-15H2,1-8H3/t27?,34-,35-,36+/m1/s1. The lowest BCUT2D eigenvalue weighted by Gasteiger charge is -2.59. The number of carbonyl (C=O) groups is 4. The highest BCUT2D eigenvalue weighted by Gasteiger charge is 2.72. The number of benzene rings is 2. The SMILES string of the molecule is CC(=O)C1=C(O)[C@]2(O)C(=O)C3=C(O)c4c(O)c(-c5ccc(C(C)=O)cc5)cc(C(C)C)c4C[C@]3(C)C[C@]2(C)C(C(C)C)C1=O. The van der Waals surface area contributed by atoms with Gasteiger partial charge in [-0.05, 0) is 61.3 Å². The van der Waals surface area contributed by atoms with Gasteiger partial charge in [0.2, 0.25) is 5.78 Å². The molecular formula is C36H40O8. The summed E-state index contributed by atoms with van der Waals surface area (Å²) in [6.07, 6.45) is 0.254. The summed E-state index contributed by atoms with van der Waals surface area (Å²) in [7, 11) is 0. The van der Waals surface area contributed by atoms with Gasteiger partial charge in [-0.3, -0.25) is 19.2 Å². The molecule has 4 atom stereocenters. The summed E-state index contributed by atoms with van der Waals surface area (Å²) in [6, 6.07) is 8.58. The van der Waals surface area contributed by atoms with Crippen LogP contribution in [0, 0.1) is 22.7 Å². The third kappa shape index (κ3) is 3.99. The predicted octanol–water partition coefficient (Wildman–Crippen LogP) is 6.18. The number of hydrogen-bond donors (Lipinski definition) is 4. The Morgan fingerprint density at radius 1 is 0.932 bits per heavy atom. The van der Waals surface area contributed by atoms with E-state index in [-0.39, 0.29) is 47.3 Å². The second-order valence-corrected chi connectivity index (χ2v) is 14.0. The first kappa shape index (κ1) is 31.4. The number of hydrogen-bond acceptors (Lipinski definition) is 8. The van der Waals surface area contributed by atoms with Crippen molar-refractivity contribution in [3.8, 4) is 16.9 Å². The molecule has 0 heterocycles. The van der Waals surface area contributed by atoms with E-state index in [4.69, 9.17) is 0 Å². The summed E-state index contributed by atoms with van der Waals surface area (Å²) in [6.45, 7) is 13.5. The Bertz CT molecular complexity index is 1720. The highest BCUT2D eigenvalue weighted by atomic mass is 16.3. The van der Waals surface area contributed by atoms with E-state index in [2.05, 4.69) is 0 Å². The Hall–Kier alpha value is -4.04. The number of ketones is 4. The lowest BCUT2D eigenvalue weighted by atomic mass is 9.43. The molecule has 0 bridgehead atoms. The van der Waals surface area contributed by atoms with Gasteiger partial charge in [0.25, 0.3) is 0 Å². The molecule has 0 spiro atoms. The van der Waals surface area contributed by atoms with E-state index in [0.29, 0.717) is 22.3 Å². The van der Waals surface area contributed by atoms with Gasteiger partial charge < -0.3 is 20.4 Å². The van der Waals surface area contributed by atoms with E-state index in [9.17, 15) is 39.6 Å². The Morgan fingerprint density at radius 3 is 2.02 bits per heavy atom. The van der Waals surface area contributed by atoms with Gasteiger partial charge in [-0.1, -0.05) is 65.8 Å². The lowest BCUT2D eigenvalue weighted by Crippen LogP contribution is -2.69. The van der Waals surface area contributed by atoms with E-state index in [1.54, 1.807) is 52.0 Å². The molecule has 1 fully saturated rings. The highest BCUT2D eigenvalue weighted by molar-refractivity contribution is 6.24. The molecule has 1 unspecified atom stereocenters. The molecule has 2 aromatic carbocycles. The van der Waals surface area contributed by atoms with Crippen LogP contribution in [0.1, 0.15) is 94.8 Å². The monoisotopic (exact) mass is 600 g/mol. The molecule has 8 heteroatoms. The molecule has 44 heavy (non-hydrogen) atoms. The Kier molecular flexibility index (Phi) is 7.13. The molecule has 2 aromatic rings. The smallest absolute Gasteiger partial charge is 0.203 e. The first-order valence-corrected chi connectivity index (χ1v) is 15.0. The second kappa shape index (κ2) is 9.99. The average Bonchev–Trinajstić information content (AvgIpc) is 2.90. The van der Waals surface area contributed by atoms with Crippen LogP contribution in [0.5, 0.6) is 5.75 Å². The first-order valence-electron chi connectivity index (χ1n) is 15.0. The van der Waals surface area contributed by atoms with Gasteiger partial charge in [-0.2, -0.15) is 0 Å². The van der Waals surface area contributed by atoms with Gasteiger partial charge >= 0.3 is 0 Å². The number of allylic oxidation sites excluding steroid dienone is 1. The first-order chi connectivity index (χ1) is 20.3. The van der Waals surface area contributed by atoms with Crippen LogP contribution in [0.2, 0.25) is 0 Å². The van der Waals surface area contributed by atoms with Crippen LogP contribution in [0.3, 0.4) is 0 Å². The fraction of sp³-hybridized carbons (Fsp3) is 0.444. The van der Waals surface area contributed by atoms with Gasteiger partial charge in [0.15, 0.2) is 23.0 Å². The zero-order valence-electron chi connectivity index (χ0n) is 26.5. The van der Waals surface area contributed by atoms with E-state index >= 15 is 0 Å². The van der Waals surface area contributed by atoms with Crippen LogP contribution in [-0.4, -0.2) is 49.2 Å². The fourth-order valence-electron chi connectivity index (χ4n) is 8.43. The molecule has 4 N–H and O–H groups in total. The molecule has 1 saturated carbocycles. The Labute approximate surface area is 257 Å². The topological polar surface area (TPSA) is 149 Å². The maximum absolute atomic E-state index is 14.6. The Morgan fingerprint density at radius 2 is 1.52 bits per heavy atom. The number of fused-ring (bicyclic) bond motifs is 3. The molecule has 3 aliphatic carbocycles. The molecular weight excluding hydrogens is 560 g/mol. The summed E-state index contributed by atoms with van der Waals surface area (Å²) < 4.78 is 0. The maximum atomic E-state index is 14.6. The number of aliphatic hydroxyl groups is 3. The van der Waals surface area contributed by atoms with Gasteiger partial charge in [-0.15, -0.1) is 0 Å². The number of aliphatic hydroxyl groups excluding tert-OH is 2. The van der Waals surface area contributed by atoms with Crippen molar-refractivity contribution in [3.63, 3.8) is 0 Å². The largest absolute Gasteiger partial charge is 0.508 e.